The first-order chi connectivity index (χ1) is 9.74. The normalized spacial score (nSPS) is 12.6. The fourth-order valence-electron chi connectivity index (χ4n) is 2.47. The van der Waals surface area contributed by atoms with E-state index in [0.717, 1.165) is 28.1 Å². The number of nitrogens with zero attached hydrogens (tertiary/aromatic N) is 1. The van der Waals surface area contributed by atoms with Gasteiger partial charge >= 0.3 is 0 Å². The van der Waals surface area contributed by atoms with Crippen LogP contribution in [0, 0.1) is 5.92 Å². The number of pyridine rings is 1. The van der Waals surface area contributed by atoms with Crippen LogP contribution in [0.4, 0.5) is 5.69 Å². The van der Waals surface area contributed by atoms with Crippen LogP contribution in [-0.4, -0.2) is 11.5 Å². The molecule has 1 heterocycles. The number of para-hydroxylation sites is 1. The fraction of sp³-hybridized carbons (Fsp3) is 0.471. The molecule has 0 aliphatic heterocycles. The van der Waals surface area contributed by atoms with E-state index >= 15 is 0 Å². The van der Waals surface area contributed by atoms with Crippen molar-refractivity contribution in [3.05, 3.63) is 34.9 Å². The summed E-state index contributed by atoms with van der Waals surface area (Å²) in [6.07, 6.45) is 7.00. The van der Waals surface area contributed by atoms with Crippen LogP contribution in [0.25, 0.3) is 10.9 Å². The number of aromatic nitrogens is 1. The lowest BCUT2D eigenvalue weighted by Gasteiger charge is -2.17. The van der Waals surface area contributed by atoms with Gasteiger partial charge in [0, 0.05) is 22.6 Å². The lowest BCUT2D eigenvalue weighted by Crippen LogP contribution is -2.14. The van der Waals surface area contributed by atoms with Crippen LogP contribution >= 0.6 is 15.9 Å². The number of hydrogen-bond acceptors (Lipinski definition) is 2. The summed E-state index contributed by atoms with van der Waals surface area (Å²) < 4.78 is 1.02. The largest absolute Gasteiger partial charge is 0.383 e. The average molecular weight is 335 g/mol. The van der Waals surface area contributed by atoms with Crippen LogP contribution in [-0.2, 0) is 0 Å². The maximum absolute atomic E-state index is 4.54. The quantitative estimate of drug-likeness (QED) is 0.710. The number of benzene rings is 1. The smallest absolute Gasteiger partial charge is 0.0934 e. The molecule has 1 aromatic heterocycles. The number of nitrogens with one attached hydrogen (secondary N) is 1. The van der Waals surface area contributed by atoms with Gasteiger partial charge in [0.2, 0.25) is 0 Å². The van der Waals surface area contributed by atoms with Crippen LogP contribution in [0.15, 0.2) is 34.9 Å². The highest BCUT2D eigenvalue weighted by molar-refractivity contribution is 9.10. The van der Waals surface area contributed by atoms with Gasteiger partial charge < -0.3 is 5.32 Å². The van der Waals surface area contributed by atoms with E-state index in [2.05, 4.69) is 64.3 Å². The van der Waals surface area contributed by atoms with Gasteiger partial charge in [0.05, 0.1) is 11.2 Å². The molecule has 0 radical (unpaired) electrons. The highest BCUT2D eigenvalue weighted by Crippen LogP contribution is 2.24. The third-order valence-electron chi connectivity index (χ3n) is 3.80. The van der Waals surface area contributed by atoms with Crippen LogP contribution in [0.3, 0.4) is 0 Å². The first-order valence-corrected chi connectivity index (χ1v) is 8.32. The Morgan fingerprint density at radius 2 is 2.15 bits per heavy atom. The number of halogens is 1. The molecule has 0 bridgehead atoms. The Balaban J connectivity index is 2.09. The van der Waals surface area contributed by atoms with E-state index in [-0.39, 0.29) is 0 Å². The van der Waals surface area contributed by atoms with Crippen molar-refractivity contribution in [2.24, 2.45) is 5.92 Å². The summed E-state index contributed by atoms with van der Waals surface area (Å²) in [6.45, 7) is 5.57. The molecule has 1 aromatic carbocycles. The average Bonchev–Trinajstić information content (AvgIpc) is 2.47. The molecule has 3 heteroatoms. The lowest BCUT2D eigenvalue weighted by molar-refractivity contribution is 0.473. The molecule has 0 spiro atoms. The van der Waals surface area contributed by atoms with Gasteiger partial charge in [0.15, 0.2) is 0 Å². The summed E-state index contributed by atoms with van der Waals surface area (Å²) in [6, 6.07) is 8.43. The highest BCUT2D eigenvalue weighted by atomic mass is 79.9. The second-order valence-corrected chi connectivity index (χ2v) is 6.24. The van der Waals surface area contributed by atoms with E-state index in [1.54, 1.807) is 0 Å². The molecule has 108 valence electrons. The zero-order valence-electron chi connectivity index (χ0n) is 12.3. The second kappa shape index (κ2) is 7.63. The van der Waals surface area contributed by atoms with Gasteiger partial charge in [0.1, 0.15) is 0 Å². The lowest BCUT2D eigenvalue weighted by atomic mass is 9.99. The predicted octanol–water partition coefficient (Wildman–Crippen LogP) is 5.63. The maximum atomic E-state index is 4.54. The molecule has 2 aromatic rings. The standard InChI is InChI=1S/C17H23BrN2/c1-3-5-7-13(4-2)11-19-16-9-6-8-14-10-15(18)12-20-17(14)16/h6,8-10,12-13,19H,3-5,7,11H2,1-2H3. The molecular weight excluding hydrogens is 312 g/mol. The van der Waals surface area contributed by atoms with Crippen molar-refractivity contribution in [2.75, 3.05) is 11.9 Å². The molecular formula is C17H23BrN2. The van der Waals surface area contributed by atoms with Gasteiger partial charge in [0.25, 0.3) is 0 Å². The Labute approximate surface area is 130 Å². The number of anilines is 1. The second-order valence-electron chi connectivity index (χ2n) is 5.33. The summed E-state index contributed by atoms with van der Waals surface area (Å²) >= 11 is 3.48. The molecule has 2 nitrogen and oxygen atoms in total. The minimum Gasteiger partial charge on any atom is -0.383 e. The van der Waals surface area contributed by atoms with Crippen molar-refractivity contribution in [2.45, 2.75) is 39.5 Å². The predicted molar refractivity (Wildman–Crippen MR) is 91.2 cm³/mol. The maximum Gasteiger partial charge on any atom is 0.0934 e. The molecule has 1 N–H and O–H groups in total. The third-order valence-corrected chi connectivity index (χ3v) is 4.24. The van der Waals surface area contributed by atoms with Crippen molar-refractivity contribution in [3.63, 3.8) is 0 Å². The fourth-order valence-corrected chi connectivity index (χ4v) is 2.82. The van der Waals surface area contributed by atoms with E-state index < -0.39 is 0 Å². The van der Waals surface area contributed by atoms with Crippen molar-refractivity contribution >= 4 is 32.5 Å². The van der Waals surface area contributed by atoms with Crippen LogP contribution in [0.2, 0.25) is 0 Å². The molecule has 1 unspecified atom stereocenters. The third kappa shape index (κ3) is 3.95. The molecule has 0 aliphatic carbocycles. The van der Waals surface area contributed by atoms with Crippen LogP contribution < -0.4 is 5.32 Å². The van der Waals surface area contributed by atoms with E-state index in [9.17, 15) is 0 Å². The summed E-state index contributed by atoms with van der Waals surface area (Å²) in [5.74, 6) is 0.751. The Kier molecular flexibility index (Phi) is 5.84. The topological polar surface area (TPSA) is 24.9 Å². The van der Waals surface area contributed by atoms with Crippen molar-refractivity contribution in [3.8, 4) is 0 Å². The molecule has 0 saturated carbocycles. The molecule has 2 rings (SSSR count). The number of rotatable bonds is 7. The Hall–Kier alpha value is -1.09. The minimum absolute atomic E-state index is 0.751. The summed E-state index contributed by atoms with van der Waals surface area (Å²) in [7, 11) is 0. The van der Waals surface area contributed by atoms with Gasteiger partial charge in [-0.15, -0.1) is 0 Å². The van der Waals surface area contributed by atoms with E-state index in [0.29, 0.717) is 0 Å². The van der Waals surface area contributed by atoms with Gasteiger partial charge in [-0.1, -0.05) is 45.2 Å². The number of hydrogen-bond donors (Lipinski definition) is 1. The van der Waals surface area contributed by atoms with Crippen LogP contribution in [0.5, 0.6) is 0 Å². The first kappa shape index (κ1) is 15.3. The Morgan fingerprint density at radius 1 is 1.30 bits per heavy atom. The monoisotopic (exact) mass is 334 g/mol. The molecule has 0 fully saturated rings. The Morgan fingerprint density at radius 3 is 2.90 bits per heavy atom. The summed E-state index contributed by atoms with van der Waals surface area (Å²) in [5.41, 5.74) is 2.20. The zero-order chi connectivity index (χ0) is 14.4. The minimum atomic E-state index is 0.751. The van der Waals surface area contributed by atoms with E-state index in [4.69, 9.17) is 0 Å². The van der Waals surface area contributed by atoms with Gasteiger partial charge in [-0.2, -0.15) is 0 Å². The van der Waals surface area contributed by atoms with Crippen molar-refractivity contribution in [1.82, 2.24) is 4.98 Å². The molecule has 1 atom stereocenters. The summed E-state index contributed by atoms with van der Waals surface area (Å²) in [5, 5.41) is 4.76. The molecule has 0 amide bonds. The Bertz CT molecular complexity index is 554. The van der Waals surface area contributed by atoms with E-state index in [1.165, 1.54) is 31.1 Å². The van der Waals surface area contributed by atoms with Crippen molar-refractivity contribution in [1.29, 1.82) is 0 Å². The molecule has 0 saturated heterocycles. The van der Waals surface area contributed by atoms with E-state index in [1.807, 2.05) is 6.20 Å². The van der Waals surface area contributed by atoms with Gasteiger partial charge in [-0.25, -0.2) is 0 Å². The highest BCUT2D eigenvalue weighted by Gasteiger charge is 2.07. The van der Waals surface area contributed by atoms with Crippen LogP contribution in [0.1, 0.15) is 39.5 Å². The molecule has 20 heavy (non-hydrogen) atoms. The summed E-state index contributed by atoms with van der Waals surface area (Å²) in [4.78, 5) is 4.54. The van der Waals surface area contributed by atoms with Gasteiger partial charge in [-0.3, -0.25) is 4.98 Å². The SMILES string of the molecule is CCCCC(CC)CNc1cccc2cc(Br)cnc12. The first-order valence-electron chi connectivity index (χ1n) is 7.52. The number of unbranched alkanes of at least 4 members (excludes halogenated alkanes) is 1. The zero-order valence-corrected chi connectivity index (χ0v) is 13.9. The van der Waals surface area contributed by atoms with Crippen molar-refractivity contribution < 1.29 is 0 Å². The van der Waals surface area contributed by atoms with Gasteiger partial charge in [-0.05, 0) is 40.4 Å². The molecule has 0 aliphatic rings. The number of fused-ring (bicyclic) bond motifs is 1.